The van der Waals surface area contributed by atoms with Crippen molar-refractivity contribution in [3.8, 4) is 0 Å². The molecule has 0 bridgehead atoms. The van der Waals surface area contributed by atoms with Gasteiger partial charge in [-0.3, -0.25) is 9.78 Å². The minimum absolute atomic E-state index is 0.0338. The monoisotopic (exact) mass is 368 g/mol. The molecule has 0 fully saturated rings. The fourth-order valence-electron chi connectivity index (χ4n) is 4.17. The number of nitrogens with zero attached hydrogens (tertiary/aromatic N) is 2. The number of rotatable bonds is 6. The summed E-state index contributed by atoms with van der Waals surface area (Å²) in [7, 11) is 0. The van der Waals surface area contributed by atoms with Gasteiger partial charge in [0, 0.05) is 25.1 Å². The minimum atomic E-state index is 0.0338. The topological polar surface area (TPSA) is 70.7 Å². The van der Waals surface area contributed by atoms with Crippen LogP contribution >= 0.6 is 0 Å². The highest BCUT2D eigenvalue weighted by atomic mass is 16.1. The van der Waals surface area contributed by atoms with E-state index in [2.05, 4.69) is 42.1 Å². The molecule has 5 nitrogen and oxygen atoms in total. The van der Waals surface area contributed by atoms with Crippen molar-refractivity contribution in [1.29, 1.82) is 0 Å². The molecule has 1 aliphatic rings. The average molecular weight is 369 g/mol. The van der Waals surface area contributed by atoms with Crippen LogP contribution in [-0.4, -0.2) is 27.4 Å². The first-order valence-corrected chi connectivity index (χ1v) is 10.1. The third-order valence-corrected chi connectivity index (χ3v) is 5.89. The highest BCUT2D eigenvalue weighted by molar-refractivity contribution is 5.77. The number of aromatic nitrogens is 3. The van der Waals surface area contributed by atoms with Crippen LogP contribution in [0, 0.1) is 29.6 Å². The van der Waals surface area contributed by atoms with E-state index < -0.39 is 0 Å². The molecule has 0 saturated carbocycles. The van der Waals surface area contributed by atoms with E-state index in [1.165, 1.54) is 5.57 Å². The van der Waals surface area contributed by atoms with Gasteiger partial charge in [-0.15, -0.1) is 0 Å². The second-order valence-electron chi connectivity index (χ2n) is 8.60. The van der Waals surface area contributed by atoms with Crippen molar-refractivity contribution in [3.63, 3.8) is 0 Å². The van der Waals surface area contributed by atoms with Crippen molar-refractivity contribution < 1.29 is 4.79 Å². The second kappa shape index (κ2) is 8.24. The van der Waals surface area contributed by atoms with E-state index in [0.717, 1.165) is 36.2 Å². The predicted molar refractivity (Wildman–Crippen MR) is 109 cm³/mol. The van der Waals surface area contributed by atoms with Crippen LogP contribution in [0.1, 0.15) is 46.9 Å². The normalized spacial score (nSPS) is 23.1. The molecule has 0 aromatic carbocycles. The van der Waals surface area contributed by atoms with Crippen molar-refractivity contribution >= 4 is 16.9 Å². The molecule has 0 radical (unpaired) electrons. The van der Waals surface area contributed by atoms with Crippen molar-refractivity contribution in [1.82, 2.24) is 20.3 Å². The van der Waals surface area contributed by atoms with Crippen molar-refractivity contribution in [2.24, 2.45) is 29.6 Å². The lowest BCUT2D eigenvalue weighted by molar-refractivity contribution is -0.124. The van der Waals surface area contributed by atoms with Crippen LogP contribution in [0.4, 0.5) is 0 Å². The van der Waals surface area contributed by atoms with E-state index in [-0.39, 0.29) is 11.8 Å². The highest BCUT2D eigenvalue weighted by Crippen LogP contribution is 2.38. The quantitative estimate of drug-likeness (QED) is 0.753. The first-order chi connectivity index (χ1) is 12.8. The summed E-state index contributed by atoms with van der Waals surface area (Å²) in [6.45, 7) is 11.4. The third-order valence-electron chi connectivity index (χ3n) is 5.89. The number of carbonyl (C=O) groups is 1. The van der Waals surface area contributed by atoms with Crippen molar-refractivity contribution in [2.45, 2.75) is 47.5 Å². The SMILES string of the molecule is CC1=C[C@@H](CNC(=O)C(C)C)[C@H](C(C)C)C[C@H]1Cc1nc2ccncc2[nH]1. The Morgan fingerprint density at radius 1 is 1.33 bits per heavy atom. The second-order valence-corrected chi connectivity index (χ2v) is 8.60. The lowest BCUT2D eigenvalue weighted by Crippen LogP contribution is -2.38. The average Bonchev–Trinajstić information content (AvgIpc) is 3.03. The predicted octanol–water partition coefficient (Wildman–Crippen LogP) is 4.13. The molecule has 1 amide bonds. The zero-order chi connectivity index (χ0) is 19.6. The summed E-state index contributed by atoms with van der Waals surface area (Å²) in [5, 5.41) is 3.13. The fourth-order valence-corrected chi connectivity index (χ4v) is 4.17. The molecule has 27 heavy (non-hydrogen) atoms. The molecule has 2 aromatic rings. The molecule has 0 spiro atoms. The van der Waals surface area contributed by atoms with Crippen LogP contribution in [0.25, 0.3) is 11.0 Å². The number of hydrogen-bond acceptors (Lipinski definition) is 3. The number of amides is 1. The summed E-state index contributed by atoms with van der Waals surface area (Å²) in [5.74, 6) is 3.25. The van der Waals surface area contributed by atoms with Crippen LogP contribution in [0.3, 0.4) is 0 Å². The summed E-state index contributed by atoms with van der Waals surface area (Å²) < 4.78 is 0. The van der Waals surface area contributed by atoms with E-state index in [9.17, 15) is 4.79 Å². The van der Waals surface area contributed by atoms with Gasteiger partial charge in [0.1, 0.15) is 5.82 Å². The Labute approximate surface area is 162 Å². The van der Waals surface area contributed by atoms with Gasteiger partial charge >= 0.3 is 0 Å². The number of H-pyrrole nitrogens is 1. The minimum Gasteiger partial charge on any atom is -0.355 e. The Morgan fingerprint density at radius 2 is 2.11 bits per heavy atom. The number of hydrogen-bond donors (Lipinski definition) is 2. The number of aromatic amines is 1. The molecule has 3 rings (SSSR count). The lowest BCUT2D eigenvalue weighted by atomic mass is 9.69. The Kier molecular flexibility index (Phi) is 5.98. The van der Waals surface area contributed by atoms with Crippen LogP contribution in [0.2, 0.25) is 0 Å². The fraction of sp³-hybridized carbons (Fsp3) is 0.591. The first-order valence-electron chi connectivity index (χ1n) is 10.1. The van der Waals surface area contributed by atoms with Gasteiger partial charge < -0.3 is 10.3 Å². The number of nitrogens with one attached hydrogen (secondary N) is 2. The molecule has 0 saturated heterocycles. The maximum absolute atomic E-state index is 12.0. The molecule has 2 aromatic heterocycles. The summed E-state index contributed by atoms with van der Waals surface area (Å²) in [6.07, 6.45) is 8.07. The molecule has 5 heteroatoms. The summed E-state index contributed by atoms with van der Waals surface area (Å²) in [5.41, 5.74) is 3.39. The molecule has 3 atom stereocenters. The van der Waals surface area contributed by atoms with Gasteiger partial charge in [-0.05, 0) is 43.1 Å². The summed E-state index contributed by atoms with van der Waals surface area (Å²) >= 11 is 0. The Balaban J connectivity index is 1.73. The molecule has 146 valence electrons. The number of imidazole rings is 1. The number of allylic oxidation sites excluding steroid dienone is 1. The Morgan fingerprint density at radius 3 is 2.78 bits per heavy atom. The largest absolute Gasteiger partial charge is 0.355 e. The highest BCUT2D eigenvalue weighted by Gasteiger charge is 2.32. The molecular formula is C22H32N4O. The van der Waals surface area contributed by atoms with E-state index in [1.807, 2.05) is 26.1 Å². The number of pyridine rings is 1. The van der Waals surface area contributed by atoms with E-state index >= 15 is 0 Å². The van der Waals surface area contributed by atoms with Gasteiger partial charge in [-0.25, -0.2) is 4.98 Å². The maximum Gasteiger partial charge on any atom is 0.222 e. The van der Waals surface area contributed by atoms with E-state index in [0.29, 0.717) is 23.7 Å². The van der Waals surface area contributed by atoms with E-state index in [4.69, 9.17) is 4.98 Å². The summed E-state index contributed by atoms with van der Waals surface area (Å²) in [6, 6.07) is 1.95. The van der Waals surface area contributed by atoms with Gasteiger partial charge in [0.05, 0.1) is 17.2 Å². The zero-order valence-corrected chi connectivity index (χ0v) is 17.1. The van der Waals surface area contributed by atoms with Gasteiger partial charge in [0.15, 0.2) is 0 Å². The third kappa shape index (κ3) is 4.57. The molecule has 1 aliphatic carbocycles. The van der Waals surface area contributed by atoms with Crippen LogP contribution in [0.5, 0.6) is 0 Å². The zero-order valence-electron chi connectivity index (χ0n) is 17.1. The molecule has 2 heterocycles. The molecule has 0 unspecified atom stereocenters. The van der Waals surface area contributed by atoms with Gasteiger partial charge in [-0.2, -0.15) is 0 Å². The molecule has 0 aliphatic heterocycles. The van der Waals surface area contributed by atoms with E-state index in [1.54, 1.807) is 6.20 Å². The van der Waals surface area contributed by atoms with Gasteiger partial charge in [0.2, 0.25) is 5.91 Å². The van der Waals surface area contributed by atoms with Crippen molar-refractivity contribution in [2.75, 3.05) is 6.54 Å². The maximum atomic E-state index is 12.0. The number of fused-ring (bicyclic) bond motifs is 1. The standard InChI is InChI=1S/C22H32N4O/c1-13(2)18-9-16(10-21-25-19-6-7-23-12-20(19)26-21)15(5)8-17(18)11-24-22(27)14(3)4/h6-8,12-14,16-18H,9-11H2,1-5H3,(H,24,27)(H,25,26)/t16-,17-,18-/m0/s1. The van der Waals surface area contributed by atoms with Crippen LogP contribution < -0.4 is 5.32 Å². The summed E-state index contributed by atoms with van der Waals surface area (Å²) in [4.78, 5) is 24.3. The van der Waals surface area contributed by atoms with Crippen LogP contribution in [0.15, 0.2) is 30.1 Å². The van der Waals surface area contributed by atoms with Gasteiger partial charge in [-0.1, -0.05) is 39.3 Å². The first kappa shape index (κ1) is 19.6. The number of carbonyl (C=O) groups excluding carboxylic acids is 1. The van der Waals surface area contributed by atoms with Crippen molar-refractivity contribution in [3.05, 3.63) is 35.9 Å². The van der Waals surface area contributed by atoms with Gasteiger partial charge in [0.25, 0.3) is 0 Å². The van der Waals surface area contributed by atoms with Crippen LogP contribution in [-0.2, 0) is 11.2 Å². The molecule has 2 N–H and O–H groups in total. The smallest absolute Gasteiger partial charge is 0.222 e. The Bertz CT molecular complexity index is 788. The molecular weight excluding hydrogens is 336 g/mol. The Hall–Kier alpha value is -2.17. The lowest BCUT2D eigenvalue weighted by Gasteiger charge is -2.37.